The minimum Gasteiger partial charge on any atom is -0.497 e. The van der Waals surface area contributed by atoms with Crippen LogP contribution in [0.2, 0.25) is 0 Å². The van der Waals surface area contributed by atoms with Gasteiger partial charge in [0.1, 0.15) is 10.8 Å². The van der Waals surface area contributed by atoms with Crippen molar-refractivity contribution in [1.29, 1.82) is 0 Å². The topological polar surface area (TPSA) is 34.1 Å². The Hall–Kier alpha value is -1.39. The molecule has 1 heterocycles. The Labute approximate surface area is 124 Å². The quantitative estimate of drug-likeness (QED) is 0.881. The van der Waals surface area contributed by atoms with Crippen molar-refractivity contribution in [3.8, 4) is 16.3 Å². The molecule has 3 rings (SSSR count). The van der Waals surface area contributed by atoms with Crippen LogP contribution in [0.15, 0.2) is 24.3 Å². The third-order valence-corrected chi connectivity index (χ3v) is 4.73. The van der Waals surface area contributed by atoms with Gasteiger partial charge in [0.15, 0.2) is 0 Å². The monoisotopic (exact) mass is 288 g/mol. The molecule has 0 bridgehead atoms. The fourth-order valence-corrected chi connectivity index (χ4v) is 3.29. The van der Waals surface area contributed by atoms with Gasteiger partial charge in [-0.25, -0.2) is 4.98 Å². The summed E-state index contributed by atoms with van der Waals surface area (Å²) in [6.45, 7) is 3.13. The van der Waals surface area contributed by atoms with Crippen LogP contribution >= 0.6 is 11.3 Å². The molecule has 0 atom stereocenters. The zero-order chi connectivity index (χ0) is 13.9. The van der Waals surface area contributed by atoms with Gasteiger partial charge in [-0.2, -0.15) is 0 Å². The number of thiazole rings is 1. The number of methoxy groups -OCH3 is 1. The van der Waals surface area contributed by atoms with Crippen LogP contribution < -0.4 is 10.1 Å². The molecule has 0 aliphatic heterocycles. The van der Waals surface area contributed by atoms with E-state index >= 15 is 0 Å². The standard InChI is InChI=1S/C16H20N2OS/c1-3-14-15(10-17-12-6-7-12)20-16(18-14)11-4-8-13(19-2)9-5-11/h4-5,8-9,12,17H,3,6-7,10H2,1-2H3. The molecule has 2 aromatic rings. The van der Waals surface area contributed by atoms with Gasteiger partial charge in [0.05, 0.1) is 12.8 Å². The molecular weight excluding hydrogens is 268 g/mol. The first kappa shape index (κ1) is 13.6. The molecule has 1 aromatic heterocycles. The van der Waals surface area contributed by atoms with E-state index in [1.807, 2.05) is 12.1 Å². The lowest BCUT2D eigenvalue weighted by Crippen LogP contribution is -2.15. The number of aromatic nitrogens is 1. The van der Waals surface area contributed by atoms with Gasteiger partial charge in [0.25, 0.3) is 0 Å². The van der Waals surface area contributed by atoms with Crippen molar-refractivity contribution in [3.05, 3.63) is 34.8 Å². The van der Waals surface area contributed by atoms with Crippen molar-refractivity contribution in [1.82, 2.24) is 10.3 Å². The highest BCUT2D eigenvalue weighted by molar-refractivity contribution is 7.15. The zero-order valence-electron chi connectivity index (χ0n) is 12.0. The van der Waals surface area contributed by atoms with Crippen LogP contribution in [-0.4, -0.2) is 18.1 Å². The Bertz CT molecular complexity index is 573. The SMILES string of the molecule is CCc1nc(-c2ccc(OC)cc2)sc1CNC1CC1. The van der Waals surface area contributed by atoms with E-state index < -0.39 is 0 Å². The van der Waals surface area contributed by atoms with E-state index in [1.165, 1.54) is 29.0 Å². The number of hydrogen-bond acceptors (Lipinski definition) is 4. The lowest BCUT2D eigenvalue weighted by atomic mass is 10.2. The normalized spacial score (nSPS) is 14.5. The molecular formula is C16H20N2OS. The number of hydrogen-bond donors (Lipinski definition) is 1. The molecule has 1 N–H and O–H groups in total. The van der Waals surface area contributed by atoms with Crippen LogP contribution in [0.3, 0.4) is 0 Å². The summed E-state index contributed by atoms with van der Waals surface area (Å²) in [6, 6.07) is 8.88. The van der Waals surface area contributed by atoms with Crippen molar-refractivity contribution in [2.45, 2.75) is 38.8 Å². The van der Waals surface area contributed by atoms with Crippen LogP contribution in [0.4, 0.5) is 0 Å². The van der Waals surface area contributed by atoms with E-state index in [4.69, 9.17) is 9.72 Å². The highest BCUT2D eigenvalue weighted by Gasteiger charge is 2.21. The van der Waals surface area contributed by atoms with Gasteiger partial charge in [-0.05, 0) is 43.5 Å². The minimum absolute atomic E-state index is 0.742. The number of rotatable bonds is 6. The van der Waals surface area contributed by atoms with E-state index in [1.54, 1.807) is 18.4 Å². The first-order valence-corrected chi connectivity index (χ1v) is 7.98. The highest BCUT2D eigenvalue weighted by atomic mass is 32.1. The maximum absolute atomic E-state index is 5.20. The van der Waals surface area contributed by atoms with Crippen molar-refractivity contribution in [2.24, 2.45) is 0 Å². The van der Waals surface area contributed by atoms with E-state index in [9.17, 15) is 0 Å². The predicted octanol–water partition coefficient (Wildman–Crippen LogP) is 3.63. The van der Waals surface area contributed by atoms with Crippen LogP contribution in [0.25, 0.3) is 10.6 Å². The number of benzene rings is 1. The summed E-state index contributed by atoms with van der Waals surface area (Å²) in [7, 11) is 1.69. The van der Waals surface area contributed by atoms with Crippen molar-refractivity contribution >= 4 is 11.3 Å². The lowest BCUT2D eigenvalue weighted by Gasteiger charge is -2.01. The zero-order valence-corrected chi connectivity index (χ0v) is 12.8. The summed E-state index contributed by atoms with van der Waals surface area (Å²) >= 11 is 1.81. The average Bonchev–Trinajstić information content (AvgIpc) is 3.24. The van der Waals surface area contributed by atoms with Gasteiger partial charge in [-0.15, -0.1) is 11.3 Å². The third kappa shape index (κ3) is 3.02. The van der Waals surface area contributed by atoms with Gasteiger partial charge < -0.3 is 10.1 Å². The first-order valence-electron chi connectivity index (χ1n) is 7.16. The number of nitrogens with zero attached hydrogens (tertiary/aromatic N) is 1. The average molecular weight is 288 g/mol. The largest absolute Gasteiger partial charge is 0.497 e. The summed E-state index contributed by atoms with van der Waals surface area (Å²) in [4.78, 5) is 6.17. The maximum atomic E-state index is 5.20. The minimum atomic E-state index is 0.742. The second-order valence-electron chi connectivity index (χ2n) is 5.13. The Kier molecular flexibility index (Phi) is 4.03. The summed E-state index contributed by atoms with van der Waals surface area (Å²) in [6.07, 6.45) is 3.64. The molecule has 1 saturated carbocycles. The molecule has 20 heavy (non-hydrogen) atoms. The molecule has 106 valence electrons. The van der Waals surface area contributed by atoms with Crippen molar-refractivity contribution in [2.75, 3.05) is 7.11 Å². The number of ether oxygens (including phenoxy) is 1. The van der Waals surface area contributed by atoms with Gasteiger partial charge in [-0.1, -0.05) is 6.92 Å². The molecule has 1 aliphatic rings. The van der Waals surface area contributed by atoms with Gasteiger partial charge >= 0.3 is 0 Å². The van der Waals surface area contributed by atoms with Gasteiger partial charge in [-0.3, -0.25) is 0 Å². The number of aryl methyl sites for hydroxylation is 1. The Morgan fingerprint density at radius 3 is 2.65 bits per heavy atom. The molecule has 1 aromatic carbocycles. The molecule has 0 unspecified atom stereocenters. The van der Waals surface area contributed by atoms with E-state index in [0.717, 1.165) is 29.8 Å². The third-order valence-electron chi connectivity index (χ3n) is 3.58. The molecule has 0 amide bonds. The molecule has 0 spiro atoms. The van der Waals surface area contributed by atoms with Crippen LogP contribution in [0.5, 0.6) is 5.75 Å². The summed E-state index contributed by atoms with van der Waals surface area (Å²) < 4.78 is 5.20. The number of nitrogens with one attached hydrogen (secondary N) is 1. The van der Waals surface area contributed by atoms with Gasteiger partial charge in [0, 0.05) is 23.0 Å². The Morgan fingerprint density at radius 2 is 2.05 bits per heavy atom. The van der Waals surface area contributed by atoms with Crippen LogP contribution in [0, 0.1) is 0 Å². The highest BCUT2D eigenvalue weighted by Crippen LogP contribution is 2.30. The first-order chi connectivity index (χ1) is 9.80. The van der Waals surface area contributed by atoms with Crippen LogP contribution in [-0.2, 0) is 13.0 Å². The smallest absolute Gasteiger partial charge is 0.123 e. The Balaban J connectivity index is 1.80. The second kappa shape index (κ2) is 5.94. The predicted molar refractivity (Wildman–Crippen MR) is 83.3 cm³/mol. The molecule has 4 heteroatoms. The van der Waals surface area contributed by atoms with Crippen molar-refractivity contribution < 1.29 is 4.74 Å². The van der Waals surface area contributed by atoms with Gasteiger partial charge in [0.2, 0.25) is 0 Å². The molecule has 0 radical (unpaired) electrons. The summed E-state index contributed by atoms with van der Waals surface area (Å²) in [5.41, 5.74) is 2.40. The van der Waals surface area contributed by atoms with E-state index in [-0.39, 0.29) is 0 Å². The van der Waals surface area contributed by atoms with Crippen LogP contribution in [0.1, 0.15) is 30.3 Å². The summed E-state index contributed by atoms with van der Waals surface area (Å²) in [5.74, 6) is 0.886. The fraction of sp³-hybridized carbons (Fsp3) is 0.438. The van der Waals surface area contributed by atoms with E-state index in [0.29, 0.717) is 0 Å². The fourth-order valence-electron chi connectivity index (χ4n) is 2.18. The Morgan fingerprint density at radius 1 is 1.30 bits per heavy atom. The van der Waals surface area contributed by atoms with Crippen molar-refractivity contribution in [3.63, 3.8) is 0 Å². The molecule has 1 aliphatic carbocycles. The molecule has 0 saturated heterocycles. The molecule has 1 fully saturated rings. The summed E-state index contributed by atoms with van der Waals surface area (Å²) in [5, 5.41) is 4.69. The second-order valence-corrected chi connectivity index (χ2v) is 6.21. The van der Waals surface area contributed by atoms with E-state index in [2.05, 4.69) is 24.4 Å². The molecule has 3 nitrogen and oxygen atoms in total. The lowest BCUT2D eigenvalue weighted by molar-refractivity contribution is 0.415. The maximum Gasteiger partial charge on any atom is 0.123 e.